The molecule has 0 bridgehead atoms. The van der Waals surface area contributed by atoms with Crippen molar-refractivity contribution in [1.29, 1.82) is 0 Å². The van der Waals surface area contributed by atoms with Gasteiger partial charge in [0.05, 0.1) is 18.3 Å². The Morgan fingerprint density at radius 3 is 2.19 bits per heavy atom. The molecule has 5 amide bonds. The lowest BCUT2D eigenvalue weighted by molar-refractivity contribution is -0.147. The number of rotatable bonds is 20. The van der Waals surface area contributed by atoms with E-state index in [1.54, 1.807) is 65.0 Å². The first-order valence-corrected chi connectivity index (χ1v) is 18.4. The Balaban J connectivity index is 1.82. The first-order chi connectivity index (χ1) is 25.7. The van der Waals surface area contributed by atoms with Crippen molar-refractivity contribution >= 4 is 41.3 Å². The molecule has 3 rings (SSSR count). The molecule has 294 valence electrons. The molecule has 1 aromatic heterocycles. The van der Waals surface area contributed by atoms with Crippen molar-refractivity contribution in [3.63, 3.8) is 0 Å². The second-order valence-corrected chi connectivity index (χ2v) is 13.6. The Morgan fingerprint density at radius 1 is 0.907 bits per heavy atom. The lowest BCUT2D eigenvalue weighted by Crippen LogP contribution is -2.62. The lowest BCUT2D eigenvalue weighted by atomic mass is 9.95. The van der Waals surface area contributed by atoms with E-state index in [0.717, 1.165) is 0 Å². The third-order valence-corrected chi connectivity index (χ3v) is 9.41. The molecule has 54 heavy (non-hydrogen) atoms. The number of carbonyl (C=O) groups excluding carboxylic acids is 6. The van der Waals surface area contributed by atoms with Gasteiger partial charge in [-0.2, -0.15) is 0 Å². The maximum atomic E-state index is 14.4. The number of carboxylic acids is 1. The number of amides is 5. The summed E-state index contributed by atoms with van der Waals surface area (Å²) in [4.78, 5) is 103. The number of nitrogens with zero attached hydrogens (tertiary/aromatic N) is 3. The summed E-state index contributed by atoms with van der Waals surface area (Å²) in [5.41, 5.74) is 0.654. The van der Waals surface area contributed by atoms with Crippen LogP contribution >= 0.6 is 0 Å². The fourth-order valence-corrected chi connectivity index (χ4v) is 6.47. The van der Waals surface area contributed by atoms with Gasteiger partial charge < -0.3 is 36.0 Å². The highest BCUT2D eigenvalue weighted by molar-refractivity contribution is 6.38. The van der Waals surface area contributed by atoms with Crippen LogP contribution in [0.25, 0.3) is 0 Å². The smallest absolute Gasteiger partial charge is 0.326 e. The number of carbonyl (C=O) groups is 7. The zero-order valence-corrected chi connectivity index (χ0v) is 31.7. The summed E-state index contributed by atoms with van der Waals surface area (Å²) in [5.74, 6) is -6.71. The molecule has 1 saturated heterocycles. The molecule has 1 aliphatic rings. The zero-order chi connectivity index (χ0) is 39.9. The first-order valence-electron chi connectivity index (χ1n) is 18.4. The molecule has 16 heteroatoms. The van der Waals surface area contributed by atoms with Gasteiger partial charge in [0.1, 0.15) is 29.9 Å². The van der Waals surface area contributed by atoms with Crippen molar-refractivity contribution in [3.05, 3.63) is 60.2 Å². The van der Waals surface area contributed by atoms with Gasteiger partial charge in [0.2, 0.25) is 23.5 Å². The molecular weight excluding hydrogens is 698 g/mol. The van der Waals surface area contributed by atoms with Crippen LogP contribution in [0.5, 0.6) is 0 Å². The van der Waals surface area contributed by atoms with Crippen LogP contribution in [0.3, 0.4) is 0 Å². The molecule has 5 N–H and O–H groups in total. The lowest BCUT2D eigenvalue weighted by Gasteiger charge is -2.34. The van der Waals surface area contributed by atoms with E-state index in [1.807, 2.05) is 6.92 Å². The number of Topliss-reactive ketones (excluding diaryl/α,β-unsaturated/α-hetero) is 1. The van der Waals surface area contributed by atoms with Gasteiger partial charge in [-0.15, -0.1) is 0 Å². The van der Waals surface area contributed by atoms with Crippen molar-refractivity contribution in [1.82, 2.24) is 36.1 Å². The normalized spacial score (nSPS) is 18.1. The van der Waals surface area contributed by atoms with Gasteiger partial charge in [-0.25, -0.2) is 9.78 Å². The summed E-state index contributed by atoms with van der Waals surface area (Å²) >= 11 is 0. The molecule has 0 saturated carbocycles. The molecule has 1 unspecified atom stereocenters. The van der Waals surface area contributed by atoms with Crippen molar-refractivity contribution < 1.29 is 43.4 Å². The van der Waals surface area contributed by atoms with Gasteiger partial charge in [0.25, 0.3) is 11.8 Å². The average Bonchev–Trinajstić information content (AvgIpc) is 3.60. The highest BCUT2D eigenvalue weighted by Crippen LogP contribution is 2.29. The zero-order valence-electron chi connectivity index (χ0n) is 31.7. The van der Waals surface area contributed by atoms with Crippen LogP contribution in [-0.2, 0) is 39.9 Å². The molecule has 0 spiro atoms. The second-order valence-electron chi connectivity index (χ2n) is 13.6. The van der Waals surface area contributed by atoms with Crippen LogP contribution in [0.4, 0.5) is 0 Å². The number of likely N-dealkylation sites (tertiary alicyclic amines) is 1. The van der Waals surface area contributed by atoms with Crippen LogP contribution in [-0.4, -0.2) is 111 Å². The van der Waals surface area contributed by atoms with Gasteiger partial charge in [0.15, 0.2) is 0 Å². The summed E-state index contributed by atoms with van der Waals surface area (Å²) < 4.78 is 5.77. The van der Waals surface area contributed by atoms with Gasteiger partial charge in [-0.1, -0.05) is 70.9 Å². The van der Waals surface area contributed by atoms with E-state index >= 15 is 0 Å². The van der Waals surface area contributed by atoms with Crippen LogP contribution in [0.2, 0.25) is 0 Å². The SMILES string of the molecule is CCCC(NC(=O)[C@@H]1[C@@H](CC)CCN1C(=O)[C@@H](NC(=O)[C@@H](NC(=O)c1cnccn1)C(C)C)[C@@H](C)OCC)C(=O)C(=O)N[C@@H](Cc1ccccc1)C(=O)O. The van der Waals surface area contributed by atoms with Crippen LogP contribution < -0.4 is 21.3 Å². The molecule has 2 aromatic rings. The molecule has 16 nitrogen and oxygen atoms in total. The number of nitrogens with one attached hydrogen (secondary N) is 4. The minimum atomic E-state index is -1.38. The van der Waals surface area contributed by atoms with Crippen LogP contribution in [0.15, 0.2) is 48.9 Å². The molecular formula is C38H53N7O9. The number of hydrogen-bond donors (Lipinski definition) is 5. The molecule has 1 aromatic carbocycles. The topological polar surface area (TPSA) is 226 Å². The molecule has 7 atom stereocenters. The van der Waals surface area contributed by atoms with Gasteiger partial charge in [0, 0.05) is 32.0 Å². The van der Waals surface area contributed by atoms with E-state index in [4.69, 9.17) is 4.74 Å². The fraction of sp³-hybridized carbons (Fsp3) is 0.553. The predicted molar refractivity (Wildman–Crippen MR) is 197 cm³/mol. The Kier molecular flexibility index (Phi) is 16.7. The number of ether oxygens (including phenoxy) is 1. The van der Waals surface area contributed by atoms with Gasteiger partial charge in [-0.05, 0) is 44.1 Å². The largest absolute Gasteiger partial charge is 0.480 e. The van der Waals surface area contributed by atoms with E-state index in [9.17, 15) is 38.7 Å². The number of carboxylic acid groups (broad SMARTS) is 1. The van der Waals surface area contributed by atoms with E-state index < -0.39 is 83.5 Å². The van der Waals surface area contributed by atoms with Crippen molar-refractivity contribution in [2.75, 3.05) is 13.2 Å². The number of aromatic nitrogens is 2. The number of hydrogen-bond acceptors (Lipinski definition) is 10. The Bertz CT molecular complexity index is 1610. The number of aliphatic carboxylic acids is 1. The van der Waals surface area contributed by atoms with Gasteiger partial charge >= 0.3 is 5.97 Å². The summed E-state index contributed by atoms with van der Waals surface area (Å²) in [7, 11) is 0. The third kappa shape index (κ3) is 11.6. The van der Waals surface area contributed by atoms with Crippen molar-refractivity contribution in [2.45, 2.75) is 110 Å². The summed E-state index contributed by atoms with van der Waals surface area (Å²) in [6, 6.07) is 2.60. The predicted octanol–water partition coefficient (Wildman–Crippen LogP) is 1.43. The molecule has 1 fully saturated rings. The molecule has 0 aliphatic carbocycles. The average molecular weight is 752 g/mol. The van der Waals surface area contributed by atoms with E-state index in [-0.39, 0.29) is 37.6 Å². The summed E-state index contributed by atoms with van der Waals surface area (Å²) in [6.07, 6.45) is 4.59. The monoisotopic (exact) mass is 751 g/mol. The quantitative estimate of drug-likeness (QED) is 0.122. The van der Waals surface area contributed by atoms with Gasteiger partial charge in [-0.3, -0.25) is 33.8 Å². The minimum absolute atomic E-state index is 0.00835. The Morgan fingerprint density at radius 2 is 1.61 bits per heavy atom. The highest BCUT2D eigenvalue weighted by Gasteiger charge is 2.46. The maximum absolute atomic E-state index is 14.4. The Hall–Kier alpha value is -5.25. The maximum Gasteiger partial charge on any atom is 0.326 e. The van der Waals surface area contributed by atoms with Crippen molar-refractivity contribution in [2.24, 2.45) is 11.8 Å². The van der Waals surface area contributed by atoms with Crippen LogP contribution in [0, 0.1) is 11.8 Å². The summed E-state index contributed by atoms with van der Waals surface area (Å²) in [5, 5.41) is 20.2. The number of ketones is 1. The molecule has 2 heterocycles. The second kappa shape index (κ2) is 20.8. The van der Waals surface area contributed by atoms with E-state index in [0.29, 0.717) is 24.8 Å². The molecule has 0 radical (unpaired) electrons. The fourth-order valence-electron chi connectivity index (χ4n) is 6.47. The van der Waals surface area contributed by atoms with Crippen LogP contribution in [0.1, 0.15) is 83.3 Å². The third-order valence-electron chi connectivity index (χ3n) is 9.41. The van der Waals surface area contributed by atoms with E-state index in [1.165, 1.54) is 23.5 Å². The first kappa shape index (κ1) is 43.2. The molecule has 1 aliphatic heterocycles. The summed E-state index contributed by atoms with van der Waals surface area (Å²) in [6.45, 7) is 10.8. The van der Waals surface area contributed by atoms with E-state index in [2.05, 4.69) is 31.2 Å². The Labute approximate surface area is 315 Å². The minimum Gasteiger partial charge on any atom is -0.480 e. The number of benzene rings is 1. The highest BCUT2D eigenvalue weighted by atomic mass is 16.5. The standard InChI is InChI=1S/C38H53N7O9/c1-7-13-26(32(46)36(50)42-27(38(52)53)20-24-14-11-10-12-15-24)41-35(49)31-25(8-2)16-19-45(31)37(51)30(23(6)54-9-3)44-34(48)29(22(4)5)43-33(47)28-21-39-17-18-40-28/h10-12,14-15,17-18,21-23,25-27,29-31H,7-9,13,16,19-20H2,1-6H3,(H,41,49)(H,42,50)(H,43,47)(H,44,48)(H,52,53)/t23-,25+,26?,27+,29+,30+,31+/m1/s1. The van der Waals surface area contributed by atoms with Crippen molar-refractivity contribution in [3.8, 4) is 0 Å².